The number of aliphatic hydroxyl groups excluding tert-OH is 3. The van der Waals surface area contributed by atoms with Gasteiger partial charge in [0.05, 0.1) is 30.5 Å². The van der Waals surface area contributed by atoms with Gasteiger partial charge >= 0.3 is 0 Å². The van der Waals surface area contributed by atoms with E-state index in [1.54, 1.807) is 6.92 Å². The van der Waals surface area contributed by atoms with Gasteiger partial charge in [-0.1, -0.05) is 0 Å². The van der Waals surface area contributed by atoms with Crippen molar-refractivity contribution in [2.75, 3.05) is 13.2 Å². The summed E-state index contributed by atoms with van der Waals surface area (Å²) in [7, 11) is 0. The van der Waals surface area contributed by atoms with E-state index in [9.17, 15) is 20.1 Å². The summed E-state index contributed by atoms with van der Waals surface area (Å²) in [5, 5.41) is 37.4. The molecule has 1 saturated heterocycles. The molecule has 1 aliphatic heterocycles. The van der Waals surface area contributed by atoms with E-state index in [-0.39, 0.29) is 41.5 Å². The van der Waals surface area contributed by atoms with Crippen LogP contribution in [0, 0.1) is 5.41 Å². The fraction of sp³-hybridized carbons (Fsp3) is 0.500. The van der Waals surface area contributed by atoms with Crippen molar-refractivity contribution in [1.82, 2.24) is 14.5 Å². The van der Waals surface area contributed by atoms with E-state index in [1.165, 1.54) is 17.1 Å². The van der Waals surface area contributed by atoms with Gasteiger partial charge in [-0.3, -0.25) is 10.2 Å². The number of halogens is 1. The van der Waals surface area contributed by atoms with Gasteiger partial charge in [-0.05, 0) is 6.92 Å². The lowest BCUT2D eigenvalue weighted by Gasteiger charge is -2.17. The smallest absolute Gasteiger partial charge is 0.261 e. The maximum atomic E-state index is 12.1. The van der Waals surface area contributed by atoms with Gasteiger partial charge in [-0.15, -0.1) is 12.4 Å². The monoisotopic (exact) mass is 374 g/mol. The van der Waals surface area contributed by atoms with Gasteiger partial charge in [-0.2, -0.15) is 0 Å². The highest BCUT2D eigenvalue weighted by Gasteiger charge is 2.44. The van der Waals surface area contributed by atoms with Crippen LogP contribution < -0.4 is 5.56 Å². The first kappa shape index (κ1) is 19.3. The quantitative estimate of drug-likeness (QED) is 0.344. The molecule has 1 fully saturated rings. The molecule has 0 aliphatic carbocycles. The van der Waals surface area contributed by atoms with E-state index in [4.69, 9.17) is 14.9 Å². The third-order valence-electron chi connectivity index (χ3n) is 3.94. The number of fused-ring (bicyclic) bond motifs is 1. The second kappa shape index (κ2) is 7.50. The average Bonchev–Trinajstić information content (AvgIpc) is 3.08. The molecule has 2 aromatic rings. The highest BCUT2D eigenvalue weighted by molar-refractivity contribution is 6.04. The molecule has 2 aromatic heterocycles. The Hall–Kier alpha value is -1.98. The Balaban J connectivity index is 0.00000225. The Labute approximate surface area is 147 Å². The maximum Gasteiger partial charge on any atom is 0.261 e. The highest BCUT2D eigenvalue weighted by Crippen LogP contribution is 2.32. The molecule has 1 aliphatic rings. The molecule has 0 aromatic carbocycles. The summed E-state index contributed by atoms with van der Waals surface area (Å²) in [6.07, 6.45) is -2.03. The van der Waals surface area contributed by atoms with Crippen molar-refractivity contribution >= 4 is 29.3 Å². The Morgan fingerprint density at radius 3 is 2.80 bits per heavy atom. The molecule has 3 heterocycles. The second-order valence-electron chi connectivity index (χ2n) is 5.37. The molecule has 0 radical (unpaired) electrons. The van der Waals surface area contributed by atoms with Crippen LogP contribution in [0.3, 0.4) is 0 Å². The molecule has 4 atom stereocenters. The van der Waals surface area contributed by atoms with Crippen molar-refractivity contribution in [3.8, 4) is 0 Å². The van der Waals surface area contributed by atoms with Crippen LogP contribution in [-0.2, 0) is 9.47 Å². The van der Waals surface area contributed by atoms with Gasteiger partial charge in [0.25, 0.3) is 5.56 Å². The van der Waals surface area contributed by atoms with Crippen LogP contribution in [0.15, 0.2) is 17.3 Å². The summed E-state index contributed by atoms with van der Waals surface area (Å²) < 4.78 is 12.0. The van der Waals surface area contributed by atoms with E-state index in [2.05, 4.69) is 9.97 Å². The van der Waals surface area contributed by atoms with Crippen LogP contribution >= 0.6 is 12.4 Å². The molecule has 138 valence electrons. The largest absolute Gasteiger partial charge is 0.478 e. The number of aromatic nitrogens is 3. The van der Waals surface area contributed by atoms with Crippen LogP contribution in [0.1, 0.15) is 18.7 Å². The van der Waals surface area contributed by atoms with Gasteiger partial charge in [-0.25, -0.2) is 4.98 Å². The van der Waals surface area contributed by atoms with Gasteiger partial charge in [0.15, 0.2) is 6.23 Å². The number of nitrogens with one attached hydrogen (secondary N) is 2. The molecule has 0 amide bonds. The van der Waals surface area contributed by atoms with Gasteiger partial charge in [0.2, 0.25) is 5.90 Å². The molecule has 11 heteroatoms. The zero-order valence-corrected chi connectivity index (χ0v) is 14.1. The van der Waals surface area contributed by atoms with Crippen LogP contribution in [0.4, 0.5) is 0 Å². The highest BCUT2D eigenvalue weighted by atomic mass is 35.5. The van der Waals surface area contributed by atoms with E-state index in [1.807, 2.05) is 0 Å². The van der Waals surface area contributed by atoms with Crippen molar-refractivity contribution < 1.29 is 24.8 Å². The van der Waals surface area contributed by atoms with Crippen molar-refractivity contribution in [2.45, 2.75) is 31.5 Å². The Kier molecular flexibility index (Phi) is 5.80. The number of aromatic amines is 1. The van der Waals surface area contributed by atoms with Crippen molar-refractivity contribution in [3.05, 3.63) is 28.4 Å². The summed E-state index contributed by atoms with van der Waals surface area (Å²) in [4.78, 5) is 18.7. The minimum absolute atomic E-state index is 0. The molecule has 25 heavy (non-hydrogen) atoms. The fourth-order valence-electron chi connectivity index (χ4n) is 2.79. The fourth-order valence-corrected chi connectivity index (χ4v) is 2.79. The summed E-state index contributed by atoms with van der Waals surface area (Å²) in [5.41, 5.74) is -0.100. The molecule has 5 N–H and O–H groups in total. The SMILES string of the molecule is CCOC(=N)c1cn([C@@H]2O[C@H](CO)[C@@H](O)[C@H]2O)c2nc[nH]c(=O)c12.Cl. The van der Waals surface area contributed by atoms with E-state index >= 15 is 0 Å². The van der Waals surface area contributed by atoms with Crippen LogP contribution in [0.5, 0.6) is 0 Å². The predicted octanol–water partition coefficient (Wildman–Crippen LogP) is -0.880. The van der Waals surface area contributed by atoms with Gasteiger partial charge in [0.1, 0.15) is 24.0 Å². The van der Waals surface area contributed by atoms with E-state index < -0.39 is 36.7 Å². The zero-order chi connectivity index (χ0) is 17.4. The lowest BCUT2D eigenvalue weighted by atomic mass is 10.1. The zero-order valence-electron chi connectivity index (χ0n) is 13.2. The molecule has 10 nitrogen and oxygen atoms in total. The number of rotatable bonds is 4. The standard InChI is InChI=1S/C14H18N4O6.ClH/c1-2-23-11(15)6-3-18(12-8(6)13(22)17-5-16-12)14-10(21)9(20)7(4-19)24-14;/h3,5,7,9-10,14-15,19-21H,2,4H2,1H3,(H,16,17,22);1H/t7-,9-,10-,14-;/m1./s1. The maximum absolute atomic E-state index is 12.1. The van der Waals surface area contributed by atoms with Crippen LogP contribution in [0.2, 0.25) is 0 Å². The van der Waals surface area contributed by atoms with Gasteiger partial charge < -0.3 is 34.3 Å². The molecular weight excluding hydrogens is 356 g/mol. The predicted molar refractivity (Wildman–Crippen MR) is 89.1 cm³/mol. The minimum Gasteiger partial charge on any atom is -0.478 e. The van der Waals surface area contributed by atoms with Gasteiger partial charge in [0, 0.05) is 6.20 Å². The third kappa shape index (κ3) is 3.14. The van der Waals surface area contributed by atoms with Crippen LogP contribution in [-0.4, -0.2) is 67.3 Å². The van der Waals surface area contributed by atoms with E-state index in [0.717, 1.165) is 0 Å². The number of hydrogen-bond acceptors (Lipinski definition) is 8. The second-order valence-corrected chi connectivity index (χ2v) is 5.37. The van der Waals surface area contributed by atoms with Crippen molar-refractivity contribution in [1.29, 1.82) is 5.41 Å². The molecular formula is C14H19ClN4O6. The molecule has 0 spiro atoms. The number of hydrogen-bond donors (Lipinski definition) is 5. The topological polar surface area (TPSA) is 154 Å². The summed E-state index contributed by atoms with van der Waals surface area (Å²) in [5.74, 6) is -0.216. The first-order valence-corrected chi connectivity index (χ1v) is 7.42. The first-order valence-electron chi connectivity index (χ1n) is 7.42. The lowest BCUT2D eigenvalue weighted by molar-refractivity contribution is -0.0508. The Morgan fingerprint density at radius 1 is 1.48 bits per heavy atom. The lowest BCUT2D eigenvalue weighted by Crippen LogP contribution is -2.33. The number of aliphatic hydroxyl groups is 3. The third-order valence-corrected chi connectivity index (χ3v) is 3.94. The minimum atomic E-state index is -1.33. The molecule has 0 bridgehead atoms. The van der Waals surface area contributed by atoms with Crippen LogP contribution in [0.25, 0.3) is 11.0 Å². The number of H-pyrrole nitrogens is 1. The molecule has 3 rings (SSSR count). The number of ether oxygens (including phenoxy) is 2. The average molecular weight is 375 g/mol. The normalized spacial score (nSPS) is 25.8. The Morgan fingerprint density at radius 2 is 2.20 bits per heavy atom. The molecule has 0 unspecified atom stereocenters. The van der Waals surface area contributed by atoms with Crippen molar-refractivity contribution in [3.63, 3.8) is 0 Å². The molecule has 0 saturated carbocycles. The van der Waals surface area contributed by atoms with Crippen molar-refractivity contribution in [2.24, 2.45) is 0 Å². The number of nitrogens with zero attached hydrogens (tertiary/aromatic N) is 2. The summed E-state index contributed by atoms with van der Waals surface area (Å²) in [6.45, 7) is 1.49. The summed E-state index contributed by atoms with van der Waals surface area (Å²) >= 11 is 0. The first-order chi connectivity index (χ1) is 11.5. The Bertz CT molecular complexity index is 821. The summed E-state index contributed by atoms with van der Waals surface area (Å²) in [6, 6.07) is 0. The van der Waals surface area contributed by atoms with E-state index in [0.29, 0.717) is 0 Å².